The van der Waals surface area contributed by atoms with E-state index in [4.69, 9.17) is 0 Å². The lowest BCUT2D eigenvalue weighted by atomic mass is 9.76. The zero-order valence-electron chi connectivity index (χ0n) is 12.6. The zero-order chi connectivity index (χ0) is 14.4. The highest BCUT2D eigenvalue weighted by Crippen LogP contribution is 2.32. The molecule has 1 amide bonds. The van der Waals surface area contributed by atoms with Crippen LogP contribution in [0.2, 0.25) is 0 Å². The molecule has 2 N–H and O–H groups in total. The van der Waals surface area contributed by atoms with Gasteiger partial charge in [0, 0.05) is 11.4 Å². The molecule has 1 aromatic heterocycles. The predicted octanol–water partition coefficient (Wildman–Crippen LogP) is 3.10. The molecule has 0 aliphatic carbocycles. The van der Waals surface area contributed by atoms with Crippen LogP contribution in [0.1, 0.15) is 50.0 Å². The average molecular weight is 294 g/mol. The van der Waals surface area contributed by atoms with Crippen LogP contribution < -0.4 is 10.6 Å². The van der Waals surface area contributed by atoms with E-state index in [-0.39, 0.29) is 11.3 Å². The van der Waals surface area contributed by atoms with Crippen molar-refractivity contribution in [3.8, 4) is 0 Å². The number of rotatable bonds is 6. The van der Waals surface area contributed by atoms with Gasteiger partial charge in [0.25, 0.3) is 0 Å². The van der Waals surface area contributed by atoms with Gasteiger partial charge in [0.15, 0.2) is 0 Å². The lowest BCUT2D eigenvalue weighted by Crippen LogP contribution is -2.50. The van der Waals surface area contributed by atoms with Crippen molar-refractivity contribution in [2.24, 2.45) is 5.41 Å². The Bertz CT molecular complexity index is 430. The van der Waals surface area contributed by atoms with Crippen LogP contribution in [-0.2, 0) is 17.8 Å². The highest BCUT2D eigenvalue weighted by molar-refractivity contribution is 7.10. The van der Waals surface area contributed by atoms with E-state index in [9.17, 15) is 4.79 Å². The van der Waals surface area contributed by atoms with E-state index in [2.05, 4.69) is 35.9 Å². The van der Waals surface area contributed by atoms with Crippen LogP contribution in [-0.4, -0.2) is 19.0 Å². The summed E-state index contributed by atoms with van der Waals surface area (Å²) in [6, 6.07) is 2.16. The predicted molar refractivity (Wildman–Crippen MR) is 85.0 cm³/mol. The molecule has 1 aliphatic heterocycles. The Labute approximate surface area is 126 Å². The van der Waals surface area contributed by atoms with Gasteiger partial charge in [-0.25, -0.2) is 0 Å². The standard InChI is InChI=1S/C16H26N2OS/c1-3-7-16(8-5-9-17-12-16)15(19)18-11-14-13(4-2)6-10-20-14/h6,10,17H,3-5,7-9,11-12H2,1-2H3,(H,18,19). The highest BCUT2D eigenvalue weighted by atomic mass is 32.1. The first-order valence-electron chi connectivity index (χ1n) is 7.76. The van der Waals surface area contributed by atoms with Gasteiger partial charge in [0.05, 0.1) is 12.0 Å². The second-order valence-electron chi connectivity index (χ2n) is 5.72. The van der Waals surface area contributed by atoms with E-state index in [1.165, 1.54) is 10.4 Å². The van der Waals surface area contributed by atoms with E-state index in [0.29, 0.717) is 6.54 Å². The normalized spacial score (nSPS) is 22.7. The Morgan fingerprint density at radius 1 is 1.50 bits per heavy atom. The first-order chi connectivity index (χ1) is 9.72. The number of amides is 1. The van der Waals surface area contributed by atoms with Crippen molar-refractivity contribution < 1.29 is 4.79 Å². The molecular formula is C16H26N2OS. The second-order valence-corrected chi connectivity index (χ2v) is 6.72. The number of hydrogen-bond donors (Lipinski definition) is 2. The summed E-state index contributed by atoms with van der Waals surface area (Å²) < 4.78 is 0. The lowest BCUT2D eigenvalue weighted by Gasteiger charge is -2.36. The van der Waals surface area contributed by atoms with Crippen LogP contribution >= 0.6 is 11.3 Å². The quantitative estimate of drug-likeness (QED) is 0.846. The molecule has 0 bridgehead atoms. The van der Waals surface area contributed by atoms with E-state index >= 15 is 0 Å². The number of carbonyl (C=O) groups excluding carboxylic acids is 1. The van der Waals surface area contributed by atoms with Crippen molar-refractivity contribution in [3.05, 3.63) is 21.9 Å². The molecule has 20 heavy (non-hydrogen) atoms. The number of carbonyl (C=O) groups is 1. The van der Waals surface area contributed by atoms with Crippen molar-refractivity contribution in [3.63, 3.8) is 0 Å². The molecule has 0 saturated carbocycles. The fourth-order valence-electron chi connectivity index (χ4n) is 3.15. The summed E-state index contributed by atoms with van der Waals surface area (Å²) in [6.07, 6.45) is 5.21. The molecule has 0 spiro atoms. The van der Waals surface area contributed by atoms with Crippen molar-refractivity contribution in [1.82, 2.24) is 10.6 Å². The molecule has 1 fully saturated rings. The van der Waals surface area contributed by atoms with Gasteiger partial charge in [-0.15, -0.1) is 11.3 Å². The van der Waals surface area contributed by atoms with E-state index in [1.807, 2.05) is 0 Å². The number of piperidine rings is 1. The largest absolute Gasteiger partial charge is 0.351 e. The first-order valence-corrected chi connectivity index (χ1v) is 8.64. The maximum atomic E-state index is 12.7. The van der Waals surface area contributed by atoms with Gasteiger partial charge in [0.2, 0.25) is 5.91 Å². The second kappa shape index (κ2) is 7.23. The highest BCUT2D eigenvalue weighted by Gasteiger charge is 2.38. The van der Waals surface area contributed by atoms with Crippen molar-refractivity contribution in [2.75, 3.05) is 13.1 Å². The SMILES string of the molecule is CCCC1(C(=O)NCc2sccc2CC)CCCNC1. The maximum Gasteiger partial charge on any atom is 0.227 e. The van der Waals surface area contributed by atoms with E-state index in [1.54, 1.807) is 11.3 Å². The van der Waals surface area contributed by atoms with Gasteiger partial charge in [-0.2, -0.15) is 0 Å². The molecule has 1 unspecified atom stereocenters. The minimum absolute atomic E-state index is 0.184. The fourth-order valence-corrected chi connectivity index (χ4v) is 4.07. The Morgan fingerprint density at radius 2 is 2.35 bits per heavy atom. The van der Waals surface area contributed by atoms with Crippen LogP contribution in [0, 0.1) is 5.41 Å². The van der Waals surface area contributed by atoms with Crippen molar-refractivity contribution in [2.45, 2.75) is 52.5 Å². The molecule has 1 aliphatic rings. The van der Waals surface area contributed by atoms with Crippen LogP contribution in [0.25, 0.3) is 0 Å². The minimum atomic E-state index is -0.184. The Balaban J connectivity index is 1.98. The Hall–Kier alpha value is -0.870. The van der Waals surface area contributed by atoms with Gasteiger partial charge in [-0.05, 0) is 49.2 Å². The fraction of sp³-hybridized carbons (Fsp3) is 0.688. The third-order valence-corrected chi connectivity index (χ3v) is 5.27. The molecule has 2 rings (SSSR count). The summed E-state index contributed by atoms with van der Waals surface area (Å²) in [5.41, 5.74) is 1.18. The molecule has 3 nitrogen and oxygen atoms in total. The zero-order valence-corrected chi connectivity index (χ0v) is 13.4. The van der Waals surface area contributed by atoms with E-state index in [0.717, 1.165) is 45.2 Å². The molecular weight excluding hydrogens is 268 g/mol. The molecule has 4 heteroatoms. The molecule has 1 aromatic rings. The molecule has 0 radical (unpaired) electrons. The number of thiophene rings is 1. The molecule has 1 atom stereocenters. The Morgan fingerprint density at radius 3 is 3.00 bits per heavy atom. The van der Waals surface area contributed by atoms with Crippen LogP contribution in [0.15, 0.2) is 11.4 Å². The average Bonchev–Trinajstić information content (AvgIpc) is 2.93. The van der Waals surface area contributed by atoms with E-state index < -0.39 is 0 Å². The minimum Gasteiger partial charge on any atom is -0.351 e. The number of hydrogen-bond acceptors (Lipinski definition) is 3. The summed E-state index contributed by atoms with van der Waals surface area (Å²) in [5.74, 6) is 0.238. The summed E-state index contributed by atoms with van der Waals surface area (Å²) in [7, 11) is 0. The smallest absolute Gasteiger partial charge is 0.227 e. The van der Waals surface area contributed by atoms with Crippen LogP contribution in [0.4, 0.5) is 0 Å². The van der Waals surface area contributed by atoms with Gasteiger partial charge in [0.1, 0.15) is 0 Å². The van der Waals surface area contributed by atoms with Crippen molar-refractivity contribution >= 4 is 17.2 Å². The van der Waals surface area contributed by atoms with Gasteiger partial charge >= 0.3 is 0 Å². The number of aryl methyl sites for hydroxylation is 1. The maximum absolute atomic E-state index is 12.7. The summed E-state index contributed by atoms with van der Waals surface area (Å²) in [6.45, 7) is 6.89. The summed E-state index contributed by atoms with van der Waals surface area (Å²) in [4.78, 5) is 14.0. The first kappa shape index (κ1) is 15.5. The molecule has 112 valence electrons. The molecule has 1 saturated heterocycles. The van der Waals surface area contributed by atoms with Gasteiger partial charge in [-0.3, -0.25) is 4.79 Å². The summed E-state index contributed by atoms with van der Waals surface area (Å²) >= 11 is 1.74. The van der Waals surface area contributed by atoms with Gasteiger partial charge < -0.3 is 10.6 Å². The third-order valence-electron chi connectivity index (χ3n) is 4.31. The monoisotopic (exact) mass is 294 g/mol. The summed E-state index contributed by atoms with van der Waals surface area (Å²) in [5, 5.41) is 8.70. The van der Waals surface area contributed by atoms with Crippen LogP contribution in [0.3, 0.4) is 0 Å². The molecule has 2 heterocycles. The Kier molecular flexibility index (Phi) is 5.61. The third kappa shape index (κ3) is 3.41. The lowest BCUT2D eigenvalue weighted by molar-refractivity contribution is -0.132. The van der Waals surface area contributed by atoms with Crippen LogP contribution in [0.5, 0.6) is 0 Å². The number of nitrogens with one attached hydrogen (secondary N) is 2. The molecule has 0 aromatic carbocycles. The topological polar surface area (TPSA) is 41.1 Å². The van der Waals surface area contributed by atoms with Crippen molar-refractivity contribution in [1.29, 1.82) is 0 Å². The van der Waals surface area contributed by atoms with Gasteiger partial charge in [-0.1, -0.05) is 20.3 Å².